The first-order valence-corrected chi connectivity index (χ1v) is 10.1. The summed E-state index contributed by atoms with van der Waals surface area (Å²) in [6.07, 6.45) is 0.985. The molecule has 1 heterocycles. The van der Waals surface area contributed by atoms with Crippen molar-refractivity contribution in [3.05, 3.63) is 54.1 Å². The summed E-state index contributed by atoms with van der Waals surface area (Å²) in [5, 5.41) is 3.38. The Hall–Kier alpha value is -2.37. The maximum absolute atomic E-state index is 12.5. The summed E-state index contributed by atoms with van der Waals surface area (Å²) in [7, 11) is 0. The van der Waals surface area contributed by atoms with Gasteiger partial charge in [-0.3, -0.25) is 4.79 Å². The zero-order valence-corrected chi connectivity index (χ0v) is 16.8. The minimum absolute atomic E-state index is 0.0746. The molecule has 0 saturated carbocycles. The number of nitrogens with zero attached hydrogens (tertiary/aromatic N) is 1. The van der Waals surface area contributed by atoms with Crippen LogP contribution in [0, 0.1) is 0 Å². The molecule has 5 heteroatoms. The Morgan fingerprint density at radius 3 is 2.25 bits per heavy atom. The van der Waals surface area contributed by atoms with Gasteiger partial charge in [-0.2, -0.15) is 0 Å². The van der Waals surface area contributed by atoms with Crippen LogP contribution in [-0.4, -0.2) is 56.3 Å². The van der Waals surface area contributed by atoms with E-state index in [2.05, 4.69) is 31.3 Å². The zero-order valence-electron chi connectivity index (χ0n) is 16.8. The molecule has 5 nitrogen and oxygen atoms in total. The van der Waals surface area contributed by atoms with E-state index in [1.54, 1.807) is 0 Å². The van der Waals surface area contributed by atoms with E-state index in [1.807, 2.05) is 41.3 Å². The van der Waals surface area contributed by atoms with E-state index in [4.69, 9.17) is 9.47 Å². The lowest BCUT2D eigenvalue weighted by Crippen LogP contribution is -2.40. The molecule has 1 N–H and O–H groups in total. The third-order valence-electron chi connectivity index (χ3n) is 4.76. The van der Waals surface area contributed by atoms with Crippen LogP contribution in [0.5, 0.6) is 5.75 Å². The molecule has 1 fully saturated rings. The van der Waals surface area contributed by atoms with Gasteiger partial charge >= 0.3 is 0 Å². The van der Waals surface area contributed by atoms with Crippen LogP contribution in [0.15, 0.2) is 48.5 Å². The molecule has 0 aliphatic carbocycles. The van der Waals surface area contributed by atoms with Crippen LogP contribution in [0.3, 0.4) is 0 Å². The Morgan fingerprint density at radius 1 is 1.04 bits per heavy atom. The molecule has 0 bridgehead atoms. The van der Waals surface area contributed by atoms with Crippen LogP contribution in [0.25, 0.3) is 11.1 Å². The number of ether oxygens (including phenoxy) is 2. The number of hydrogen-bond donors (Lipinski definition) is 1. The molecule has 150 valence electrons. The van der Waals surface area contributed by atoms with Gasteiger partial charge in [0.05, 0.1) is 19.8 Å². The predicted molar refractivity (Wildman–Crippen MR) is 112 cm³/mol. The number of carbonyl (C=O) groups is 1. The number of rotatable bonds is 8. The quantitative estimate of drug-likeness (QED) is 0.709. The number of morpholine rings is 1. The summed E-state index contributed by atoms with van der Waals surface area (Å²) < 4.78 is 11.1. The fourth-order valence-corrected chi connectivity index (χ4v) is 3.15. The summed E-state index contributed by atoms with van der Waals surface area (Å²) in [5.74, 6) is 0.956. The van der Waals surface area contributed by atoms with E-state index in [1.165, 1.54) is 0 Å². The second kappa shape index (κ2) is 10.2. The largest absolute Gasteiger partial charge is 0.494 e. The van der Waals surface area contributed by atoms with Crippen molar-refractivity contribution in [1.82, 2.24) is 10.2 Å². The van der Waals surface area contributed by atoms with Crippen molar-refractivity contribution in [2.24, 2.45) is 0 Å². The molecule has 1 amide bonds. The fourth-order valence-electron chi connectivity index (χ4n) is 3.15. The van der Waals surface area contributed by atoms with Gasteiger partial charge in [-0.25, -0.2) is 0 Å². The Balaban J connectivity index is 1.53. The third-order valence-corrected chi connectivity index (χ3v) is 4.76. The van der Waals surface area contributed by atoms with E-state index in [0.717, 1.165) is 35.4 Å². The highest BCUT2D eigenvalue weighted by Crippen LogP contribution is 2.23. The molecular weight excluding hydrogens is 352 g/mol. The maximum Gasteiger partial charge on any atom is 0.254 e. The molecule has 1 aliphatic rings. The number of carbonyl (C=O) groups excluding carboxylic acids is 1. The van der Waals surface area contributed by atoms with Crippen molar-refractivity contribution in [3.8, 4) is 16.9 Å². The highest BCUT2D eigenvalue weighted by Gasteiger charge is 2.18. The molecule has 2 aromatic rings. The highest BCUT2D eigenvalue weighted by molar-refractivity contribution is 5.94. The van der Waals surface area contributed by atoms with Crippen LogP contribution in [0.4, 0.5) is 0 Å². The molecule has 28 heavy (non-hydrogen) atoms. The fraction of sp³-hybridized carbons (Fsp3) is 0.435. The Bertz CT molecular complexity index is 735. The van der Waals surface area contributed by atoms with Gasteiger partial charge in [0.1, 0.15) is 5.75 Å². The summed E-state index contributed by atoms with van der Waals surface area (Å²) in [5.41, 5.74) is 2.92. The Labute approximate surface area is 167 Å². The minimum Gasteiger partial charge on any atom is -0.494 e. The van der Waals surface area contributed by atoms with Crippen molar-refractivity contribution in [1.29, 1.82) is 0 Å². The minimum atomic E-state index is 0.0746. The lowest BCUT2D eigenvalue weighted by molar-refractivity contribution is 0.0303. The molecule has 1 saturated heterocycles. The Kier molecular flexibility index (Phi) is 7.46. The molecule has 0 radical (unpaired) electrons. The molecule has 1 aliphatic heterocycles. The van der Waals surface area contributed by atoms with Gasteiger partial charge in [0.25, 0.3) is 5.91 Å². The molecule has 3 rings (SSSR count). The van der Waals surface area contributed by atoms with E-state index >= 15 is 0 Å². The standard InChI is InChI=1S/C23H30N2O3/c1-18(2)24-12-3-15-28-22-10-8-20(9-11-22)19-4-6-21(7-5-19)23(26)25-13-16-27-17-14-25/h4-11,18,24H,3,12-17H2,1-2H3. The van der Waals surface area contributed by atoms with Crippen molar-refractivity contribution in [3.63, 3.8) is 0 Å². The van der Waals surface area contributed by atoms with E-state index in [9.17, 15) is 4.79 Å². The highest BCUT2D eigenvalue weighted by atomic mass is 16.5. The maximum atomic E-state index is 12.5. The average Bonchev–Trinajstić information content (AvgIpc) is 2.74. The van der Waals surface area contributed by atoms with Gasteiger partial charge in [0, 0.05) is 24.7 Å². The first kappa shape index (κ1) is 20.4. The second-order valence-electron chi connectivity index (χ2n) is 7.32. The topological polar surface area (TPSA) is 50.8 Å². The van der Waals surface area contributed by atoms with E-state index < -0.39 is 0 Å². The first-order chi connectivity index (χ1) is 13.6. The van der Waals surface area contributed by atoms with Crippen LogP contribution in [0.2, 0.25) is 0 Å². The van der Waals surface area contributed by atoms with Crippen molar-refractivity contribution >= 4 is 5.91 Å². The van der Waals surface area contributed by atoms with Gasteiger partial charge in [0.15, 0.2) is 0 Å². The number of hydrogen-bond acceptors (Lipinski definition) is 4. The molecule has 0 atom stereocenters. The number of nitrogens with one attached hydrogen (secondary N) is 1. The SMILES string of the molecule is CC(C)NCCCOc1ccc(-c2ccc(C(=O)N3CCOCC3)cc2)cc1. The molecule has 0 aromatic heterocycles. The summed E-state index contributed by atoms with van der Waals surface area (Å²) in [4.78, 5) is 14.4. The zero-order chi connectivity index (χ0) is 19.8. The number of benzene rings is 2. The number of amides is 1. The lowest BCUT2D eigenvalue weighted by Gasteiger charge is -2.26. The molecular formula is C23H30N2O3. The normalized spacial score (nSPS) is 14.3. The predicted octanol–water partition coefficient (Wildman–Crippen LogP) is 3.59. The average molecular weight is 383 g/mol. The summed E-state index contributed by atoms with van der Waals surface area (Å²) in [6, 6.07) is 16.4. The van der Waals surface area contributed by atoms with Crippen molar-refractivity contribution < 1.29 is 14.3 Å². The summed E-state index contributed by atoms with van der Waals surface area (Å²) in [6.45, 7) is 8.52. The molecule has 2 aromatic carbocycles. The van der Waals surface area contributed by atoms with Gasteiger partial charge in [0.2, 0.25) is 0 Å². The smallest absolute Gasteiger partial charge is 0.254 e. The van der Waals surface area contributed by atoms with Gasteiger partial charge in [-0.05, 0) is 48.4 Å². The van der Waals surface area contributed by atoms with Crippen LogP contribution < -0.4 is 10.1 Å². The molecule has 0 unspecified atom stereocenters. The Morgan fingerprint density at radius 2 is 1.64 bits per heavy atom. The van der Waals surface area contributed by atoms with Crippen LogP contribution in [0.1, 0.15) is 30.6 Å². The molecule has 0 spiro atoms. The second-order valence-corrected chi connectivity index (χ2v) is 7.32. The van der Waals surface area contributed by atoms with Gasteiger partial charge in [-0.15, -0.1) is 0 Å². The summed E-state index contributed by atoms with van der Waals surface area (Å²) >= 11 is 0. The van der Waals surface area contributed by atoms with Crippen molar-refractivity contribution in [2.75, 3.05) is 39.5 Å². The monoisotopic (exact) mass is 382 g/mol. The van der Waals surface area contributed by atoms with E-state index in [0.29, 0.717) is 39.0 Å². The first-order valence-electron chi connectivity index (χ1n) is 10.1. The van der Waals surface area contributed by atoms with Crippen LogP contribution >= 0.6 is 0 Å². The third kappa shape index (κ3) is 5.81. The van der Waals surface area contributed by atoms with Crippen molar-refractivity contribution in [2.45, 2.75) is 26.3 Å². The van der Waals surface area contributed by atoms with Gasteiger partial charge < -0.3 is 19.7 Å². The van der Waals surface area contributed by atoms with E-state index in [-0.39, 0.29) is 5.91 Å². The van der Waals surface area contributed by atoms with Gasteiger partial charge in [-0.1, -0.05) is 38.1 Å². The van der Waals surface area contributed by atoms with Crippen LogP contribution in [-0.2, 0) is 4.74 Å². The lowest BCUT2D eigenvalue weighted by atomic mass is 10.0.